The molecule has 3 rings (SSSR count). The first-order valence-electron chi connectivity index (χ1n) is 7.72. The highest BCUT2D eigenvalue weighted by Crippen LogP contribution is 2.82. The smallest absolute Gasteiger partial charge is 0.293 e. The average Bonchev–Trinajstić information content (AvgIpc) is 3.14. The molecule has 1 fully saturated rings. The zero-order valence-corrected chi connectivity index (χ0v) is 13.4. The second-order valence-corrected chi connectivity index (χ2v) is 5.74. The molecule has 0 unspecified atom stereocenters. The zero-order valence-electron chi connectivity index (χ0n) is 13.4. The van der Waals surface area contributed by atoms with Crippen molar-refractivity contribution < 1.29 is 13.9 Å². The Morgan fingerprint density at radius 2 is 1.83 bits per heavy atom. The van der Waals surface area contributed by atoms with E-state index in [2.05, 4.69) is 17.1 Å². The van der Waals surface area contributed by atoms with Crippen molar-refractivity contribution in [3.05, 3.63) is 35.6 Å². The lowest BCUT2D eigenvalue weighted by molar-refractivity contribution is -0.255. The predicted octanol–water partition coefficient (Wildman–Crippen LogP) is 2.04. The first kappa shape index (κ1) is 16.4. The minimum atomic E-state index is -1.71. The van der Waals surface area contributed by atoms with Gasteiger partial charge in [0.1, 0.15) is 17.1 Å². The lowest BCUT2D eigenvalue weighted by Crippen LogP contribution is -2.43. The third-order valence-corrected chi connectivity index (χ3v) is 4.82. The first-order valence-corrected chi connectivity index (χ1v) is 7.72. The fourth-order valence-corrected chi connectivity index (χ4v) is 3.93. The first-order chi connectivity index (χ1) is 11.5. The molecule has 0 radical (unpaired) electrons. The topological polar surface area (TPSA) is 104 Å². The number of ether oxygens (including phenoxy) is 2. The second-order valence-electron chi connectivity index (χ2n) is 5.74. The molecule has 0 bridgehead atoms. The van der Waals surface area contributed by atoms with Crippen LogP contribution in [0.5, 0.6) is 0 Å². The molecule has 3 atom stereocenters. The average molecular weight is 328 g/mol. The van der Waals surface area contributed by atoms with Gasteiger partial charge < -0.3 is 15.2 Å². The van der Waals surface area contributed by atoms with Crippen LogP contribution in [0.3, 0.4) is 0 Å². The Morgan fingerprint density at radius 3 is 2.33 bits per heavy atom. The van der Waals surface area contributed by atoms with Crippen LogP contribution in [-0.4, -0.2) is 25.0 Å². The van der Waals surface area contributed by atoms with Gasteiger partial charge >= 0.3 is 0 Å². The Morgan fingerprint density at radius 1 is 1.21 bits per heavy atom. The maximum absolute atomic E-state index is 14.4. The van der Waals surface area contributed by atoms with Gasteiger partial charge in [-0.05, 0) is 25.5 Å². The maximum Gasteiger partial charge on any atom is 0.293 e. The number of nitrogens with zero attached hydrogens (tertiary/aromatic N) is 3. The monoisotopic (exact) mass is 328 g/mol. The van der Waals surface area contributed by atoms with E-state index in [1.807, 2.05) is 0 Å². The van der Waals surface area contributed by atoms with Gasteiger partial charge in [0, 0.05) is 19.1 Å². The van der Waals surface area contributed by atoms with Crippen LogP contribution in [0.15, 0.2) is 29.3 Å². The Balaban J connectivity index is 2.25. The van der Waals surface area contributed by atoms with E-state index in [0.717, 1.165) is 0 Å². The molecule has 1 saturated carbocycles. The van der Waals surface area contributed by atoms with E-state index < -0.39 is 28.5 Å². The molecule has 1 aromatic carbocycles. The Bertz CT molecular complexity index is 791. The van der Waals surface area contributed by atoms with Crippen molar-refractivity contribution in [2.45, 2.75) is 25.7 Å². The summed E-state index contributed by atoms with van der Waals surface area (Å²) in [5.74, 6) is -3.08. The third-order valence-electron chi connectivity index (χ3n) is 4.82. The summed E-state index contributed by atoms with van der Waals surface area (Å²) in [7, 11) is 0. The van der Waals surface area contributed by atoms with Crippen molar-refractivity contribution in [3.63, 3.8) is 0 Å². The molecule has 24 heavy (non-hydrogen) atoms. The lowest BCUT2D eigenvalue weighted by Gasteiger charge is -2.31. The SMILES string of the molecule is CCOC1(OCC)N=C(N)[C@]2(C#N)[C@H](c3ccccc3F)[C@]12C#N. The van der Waals surface area contributed by atoms with Crippen LogP contribution in [0, 0.1) is 39.3 Å². The van der Waals surface area contributed by atoms with Crippen LogP contribution in [0.2, 0.25) is 0 Å². The van der Waals surface area contributed by atoms with Crippen molar-refractivity contribution in [2.24, 2.45) is 21.6 Å². The molecule has 1 aliphatic carbocycles. The predicted molar refractivity (Wildman–Crippen MR) is 82.8 cm³/mol. The van der Waals surface area contributed by atoms with Crippen LogP contribution in [0.25, 0.3) is 0 Å². The fraction of sp³-hybridized carbons (Fsp3) is 0.471. The van der Waals surface area contributed by atoms with Gasteiger partial charge in [-0.3, -0.25) is 0 Å². The van der Waals surface area contributed by atoms with Gasteiger partial charge in [-0.2, -0.15) is 10.5 Å². The van der Waals surface area contributed by atoms with Gasteiger partial charge in [0.05, 0.1) is 12.1 Å². The normalized spacial score (nSPS) is 32.4. The van der Waals surface area contributed by atoms with Crippen molar-refractivity contribution in [3.8, 4) is 12.1 Å². The molecular formula is C17H17FN4O2. The van der Waals surface area contributed by atoms with Crippen LogP contribution in [0.1, 0.15) is 25.3 Å². The van der Waals surface area contributed by atoms with Gasteiger partial charge in [-0.25, -0.2) is 9.38 Å². The van der Waals surface area contributed by atoms with Gasteiger partial charge in [0.25, 0.3) is 5.91 Å². The maximum atomic E-state index is 14.4. The molecule has 2 N–H and O–H groups in total. The highest BCUT2D eigenvalue weighted by atomic mass is 19.1. The fourth-order valence-electron chi connectivity index (χ4n) is 3.93. The molecule has 0 spiro atoms. The molecule has 1 heterocycles. The molecule has 124 valence electrons. The van der Waals surface area contributed by atoms with Gasteiger partial charge in [-0.1, -0.05) is 18.2 Å². The summed E-state index contributed by atoms with van der Waals surface area (Å²) in [6.45, 7) is 3.85. The summed E-state index contributed by atoms with van der Waals surface area (Å²) in [4.78, 5) is 4.20. The number of hydrogen-bond acceptors (Lipinski definition) is 6. The summed E-state index contributed by atoms with van der Waals surface area (Å²) >= 11 is 0. The van der Waals surface area contributed by atoms with Crippen LogP contribution < -0.4 is 5.73 Å². The van der Waals surface area contributed by atoms with E-state index in [0.29, 0.717) is 0 Å². The molecule has 2 aliphatic rings. The van der Waals surface area contributed by atoms with Gasteiger partial charge in [-0.15, -0.1) is 0 Å². The molecule has 0 saturated heterocycles. The number of aliphatic imine (C=N–C) groups is 1. The molecule has 7 heteroatoms. The summed E-state index contributed by atoms with van der Waals surface area (Å²) in [5.41, 5.74) is 3.29. The number of amidine groups is 1. The number of nitrogens with two attached hydrogens (primary N) is 1. The molecule has 0 aromatic heterocycles. The molecule has 1 aliphatic heterocycles. The summed E-state index contributed by atoms with van der Waals surface area (Å²) in [5, 5.41) is 19.8. The Hall–Kier alpha value is -2.48. The summed E-state index contributed by atoms with van der Waals surface area (Å²) in [6.07, 6.45) is 0. The molecule has 0 amide bonds. The van der Waals surface area contributed by atoms with E-state index in [-0.39, 0.29) is 24.6 Å². The van der Waals surface area contributed by atoms with E-state index in [1.165, 1.54) is 6.07 Å². The van der Waals surface area contributed by atoms with Crippen LogP contribution in [0.4, 0.5) is 4.39 Å². The minimum absolute atomic E-state index is 0.0540. The number of hydrogen-bond donors (Lipinski definition) is 1. The number of benzene rings is 1. The van der Waals surface area contributed by atoms with Crippen LogP contribution in [-0.2, 0) is 9.47 Å². The third kappa shape index (κ3) is 1.56. The number of fused-ring (bicyclic) bond motifs is 1. The molecule has 6 nitrogen and oxygen atoms in total. The highest BCUT2D eigenvalue weighted by molar-refractivity contribution is 6.00. The van der Waals surface area contributed by atoms with Crippen molar-refractivity contribution in [1.82, 2.24) is 0 Å². The number of halogens is 1. The number of rotatable bonds is 5. The second kappa shape index (κ2) is 5.27. The lowest BCUT2D eigenvalue weighted by atomic mass is 9.93. The largest absolute Gasteiger partial charge is 0.386 e. The van der Waals surface area contributed by atoms with Crippen LogP contribution >= 0.6 is 0 Å². The zero-order chi connectivity index (χ0) is 17.6. The van der Waals surface area contributed by atoms with Crippen molar-refractivity contribution in [1.29, 1.82) is 10.5 Å². The van der Waals surface area contributed by atoms with E-state index >= 15 is 0 Å². The van der Waals surface area contributed by atoms with Gasteiger partial charge in [0.15, 0.2) is 5.41 Å². The van der Waals surface area contributed by atoms with Crippen molar-refractivity contribution >= 4 is 5.84 Å². The standard InChI is InChI=1S/C17H17FN4O2/c1-3-23-17(24-4-2)16(10-20)13(11-7-5-6-8-12(11)18)15(16,9-19)14(21)22-17/h5-8,13H,3-4H2,1-2H3,(H2,21,22)/t13-,15-,16-/m0/s1. The van der Waals surface area contributed by atoms with Gasteiger partial charge in [0.2, 0.25) is 0 Å². The quantitative estimate of drug-likeness (QED) is 0.833. The van der Waals surface area contributed by atoms with E-state index in [4.69, 9.17) is 15.2 Å². The summed E-state index contributed by atoms with van der Waals surface area (Å²) in [6, 6.07) is 10.3. The Labute approximate surface area is 139 Å². The van der Waals surface area contributed by atoms with Crippen molar-refractivity contribution in [2.75, 3.05) is 13.2 Å². The summed E-state index contributed by atoms with van der Waals surface area (Å²) < 4.78 is 25.7. The number of nitriles is 2. The molecule has 1 aromatic rings. The van der Waals surface area contributed by atoms with E-state index in [1.54, 1.807) is 32.0 Å². The Kier molecular flexibility index (Phi) is 3.60. The minimum Gasteiger partial charge on any atom is -0.386 e. The molecular weight excluding hydrogens is 311 g/mol. The van der Waals surface area contributed by atoms with E-state index in [9.17, 15) is 14.9 Å². The highest BCUT2D eigenvalue weighted by Gasteiger charge is 2.94.